The topological polar surface area (TPSA) is 62.9 Å². The highest BCUT2D eigenvalue weighted by molar-refractivity contribution is 6.33. The van der Waals surface area contributed by atoms with E-state index in [0.29, 0.717) is 11.4 Å². The van der Waals surface area contributed by atoms with Gasteiger partial charge in [-0.3, -0.25) is 4.79 Å². The van der Waals surface area contributed by atoms with Gasteiger partial charge in [-0.25, -0.2) is 9.24 Å². The van der Waals surface area contributed by atoms with E-state index in [1.54, 1.807) is 0 Å². The number of amides is 1. The lowest BCUT2D eigenvalue weighted by Crippen LogP contribution is -2.45. The Morgan fingerprint density at radius 1 is 1.38 bits per heavy atom. The summed E-state index contributed by atoms with van der Waals surface area (Å²) >= 11 is 5.90. The third-order valence-corrected chi connectivity index (χ3v) is 3.45. The number of carbonyl (C=O) groups is 1. The third-order valence-electron chi connectivity index (χ3n) is 3.15. The normalized spacial score (nSPS) is 12.8. The molecule has 24 heavy (non-hydrogen) atoms. The SMILES string of the molecule is [C-]#[N+]c1ccc(NC(=O)[C@@](C)(O)COc2ccc(F)cc2)cc1Cl. The average molecular weight is 349 g/mol. The Labute approximate surface area is 143 Å². The van der Waals surface area contributed by atoms with Crippen LogP contribution in [0.4, 0.5) is 15.8 Å². The lowest BCUT2D eigenvalue weighted by Gasteiger charge is -2.22. The van der Waals surface area contributed by atoms with Crippen molar-refractivity contribution < 1.29 is 19.0 Å². The van der Waals surface area contributed by atoms with E-state index in [1.807, 2.05) is 0 Å². The zero-order valence-electron chi connectivity index (χ0n) is 12.7. The van der Waals surface area contributed by atoms with Crippen LogP contribution in [0.1, 0.15) is 6.92 Å². The van der Waals surface area contributed by atoms with Crippen LogP contribution in [0.3, 0.4) is 0 Å². The summed E-state index contributed by atoms with van der Waals surface area (Å²) in [5.74, 6) is -0.781. The maximum absolute atomic E-state index is 12.8. The number of hydrogen-bond donors (Lipinski definition) is 2. The van der Waals surface area contributed by atoms with Crippen molar-refractivity contribution in [1.82, 2.24) is 0 Å². The first-order valence-corrected chi connectivity index (χ1v) is 7.29. The van der Waals surface area contributed by atoms with Crippen LogP contribution >= 0.6 is 11.6 Å². The van der Waals surface area contributed by atoms with Gasteiger partial charge >= 0.3 is 0 Å². The summed E-state index contributed by atoms with van der Waals surface area (Å²) in [5.41, 5.74) is -1.21. The average Bonchev–Trinajstić information content (AvgIpc) is 2.54. The molecule has 0 aliphatic rings. The number of aliphatic hydroxyl groups is 1. The number of anilines is 1. The molecule has 0 bridgehead atoms. The van der Waals surface area contributed by atoms with E-state index in [0.717, 1.165) is 0 Å². The number of hydrogen-bond acceptors (Lipinski definition) is 3. The molecule has 1 atom stereocenters. The lowest BCUT2D eigenvalue weighted by molar-refractivity contribution is -0.135. The summed E-state index contributed by atoms with van der Waals surface area (Å²) in [6, 6.07) is 9.61. The van der Waals surface area contributed by atoms with E-state index >= 15 is 0 Å². The van der Waals surface area contributed by atoms with Crippen LogP contribution in [0.15, 0.2) is 42.5 Å². The molecule has 0 heterocycles. The van der Waals surface area contributed by atoms with E-state index in [2.05, 4.69) is 10.2 Å². The summed E-state index contributed by atoms with van der Waals surface area (Å²) in [6.07, 6.45) is 0. The van der Waals surface area contributed by atoms with Crippen molar-refractivity contribution in [3.8, 4) is 5.75 Å². The maximum atomic E-state index is 12.8. The summed E-state index contributed by atoms with van der Waals surface area (Å²) in [7, 11) is 0. The smallest absolute Gasteiger partial charge is 0.259 e. The zero-order chi connectivity index (χ0) is 17.7. The molecule has 124 valence electrons. The second-order valence-corrected chi connectivity index (χ2v) is 5.66. The van der Waals surface area contributed by atoms with E-state index in [4.69, 9.17) is 22.9 Å². The van der Waals surface area contributed by atoms with Gasteiger partial charge in [0.05, 0.1) is 6.57 Å². The molecule has 2 aromatic carbocycles. The number of nitrogens with zero attached hydrogens (tertiary/aromatic N) is 1. The minimum Gasteiger partial charge on any atom is -0.490 e. The highest BCUT2D eigenvalue weighted by Crippen LogP contribution is 2.28. The third kappa shape index (κ3) is 4.44. The number of benzene rings is 2. The first-order valence-electron chi connectivity index (χ1n) is 6.91. The van der Waals surface area contributed by atoms with Gasteiger partial charge in [-0.1, -0.05) is 17.7 Å². The fourth-order valence-electron chi connectivity index (χ4n) is 1.76. The van der Waals surface area contributed by atoms with Gasteiger partial charge < -0.3 is 15.2 Å². The molecule has 0 spiro atoms. The van der Waals surface area contributed by atoms with Crippen LogP contribution in [-0.2, 0) is 4.79 Å². The van der Waals surface area contributed by atoms with Gasteiger partial charge in [-0.05, 0) is 43.3 Å². The van der Waals surface area contributed by atoms with Gasteiger partial charge in [0.1, 0.15) is 18.2 Å². The van der Waals surface area contributed by atoms with E-state index in [-0.39, 0.29) is 17.3 Å². The fraction of sp³-hybridized carbons (Fsp3) is 0.176. The second kappa shape index (κ2) is 7.30. The van der Waals surface area contributed by atoms with Crippen molar-refractivity contribution in [3.63, 3.8) is 0 Å². The summed E-state index contributed by atoms with van der Waals surface area (Å²) in [5, 5.41) is 12.9. The van der Waals surface area contributed by atoms with Crippen LogP contribution in [0.5, 0.6) is 5.75 Å². The van der Waals surface area contributed by atoms with Crippen LogP contribution in [0.2, 0.25) is 5.02 Å². The number of rotatable bonds is 5. The molecule has 0 radical (unpaired) electrons. The minimum absolute atomic E-state index is 0.199. The van der Waals surface area contributed by atoms with Crippen molar-refractivity contribution in [2.24, 2.45) is 0 Å². The Kier molecular flexibility index (Phi) is 5.39. The second-order valence-electron chi connectivity index (χ2n) is 5.25. The molecule has 2 aromatic rings. The van der Waals surface area contributed by atoms with Crippen LogP contribution in [0.25, 0.3) is 4.85 Å². The predicted molar refractivity (Wildman–Crippen MR) is 88.9 cm³/mol. The molecular weight excluding hydrogens is 335 g/mol. The van der Waals surface area contributed by atoms with Crippen LogP contribution in [-0.4, -0.2) is 23.2 Å². The summed E-state index contributed by atoms with van der Waals surface area (Å²) in [4.78, 5) is 15.4. The highest BCUT2D eigenvalue weighted by atomic mass is 35.5. The first-order chi connectivity index (χ1) is 11.3. The Bertz CT molecular complexity index is 785. The number of nitrogens with one attached hydrogen (secondary N) is 1. The predicted octanol–water partition coefficient (Wildman–Crippen LogP) is 3.80. The largest absolute Gasteiger partial charge is 0.490 e. The van der Waals surface area contributed by atoms with Gasteiger partial charge in [0.25, 0.3) is 5.91 Å². The molecule has 0 aromatic heterocycles. The fourth-order valence-corrected chi connectivity index (χ4v) is 1.98. The molecule has 0 aliphatic carbocycles. The van der Waals surface area contributed by atoms with Crippen molar-refractivity contribution in [2.45, 2.75) is 12.5 Å². The van der Waals surface area contributed by atoms with Crippen molar-refractivity contribution in [3.05, 3.63) is 64.7 Å². The van der Waals surface area contributed by atoms with E-state index in [1.165, 1.54) is 49.4 Å². The first kappa shape index (κ1) is 17.7. The van der Waals surface area contributed by atoms with Crippen LogP contribution in [0, 0.1) is 12.4 Å². The van der Waals surface area contributed by atoms with Gasteiger partial charge in [-0.2, -0.15) is 0 Å². The number of halogens is 2. The monoisotopic (exact) mass is 348 g/mol. The van der Waals surface area contributed by atoms with Crippen molar-refractivity contribution >= 4 is 28.9 Å². The molecule has 0 saturated carbocycles. The minimum atomic E-state index is -1.82. The Hall–Kier alpha value is -2.62. The number of carbonyl (C=O) groups excluding carboxylic acids is 1. The molecule has 1 amide bonds. The van der Waals surface area contributed by atoms with Gasteiger partial charge in [0.15, 0.2) is 5.60 Å². The van der Waals surface area contributed by atoms with Crippen molar-refractivity contribution in [1.29, 1.82) is 0 Å². The Morgan fingerprint density at radius 3 is 2.62 bits per heavy atom. The molecule has 0 saturated heterocycles. The molecule has 0 unspecified atom stereocenters. The van der Waals surface area contributed by atoms with Crippen molar-refractivity contribution in [2.75, 3.05) is 11.9 Å². The highest BCUT2D eigenvalue weighted by Gasteiger charge is 2.31. The molecule has 0 aliphatic heterocycles. The van der Waals surface area contributed by atoms with Gasteiger partial charge in [0, 0.05) is 10.7 Å². The van der Waals surface area contributed by atoms with Gasteiger partial charge in [0.2, 0.25) is 5.69 Å². The molecule has 5 nitrogen and oxygen atoms in total. The lowest BCUT2D eigenvalue weighted by atomic mass is 10.1. The van der Waals surface area contributed by atoms with E-state index in [9.17, 15) is 14.3 Å². The molecule has 2 N–H and O–H groups in total. The Balaban J connectivity index is 2.00. The van der Waals surface area contributed by atoms with E-state index < -0.39 is 17.3 Å². The standard InChI is InChI=1S/C17H14ClFN2O3/c1-17(23,10-24-13-6-3-11(19)4-7-13)16(22)21-12-5-8-15(20-2)14(18)9-12/h3-9,23H,10H2,1H3,(H,21,22)/t17-/m0/s1. The molecular formula is C17H14ClFN2O3. The van der Waals surface area contributed by atoms with Crippen LogP contribution < -0.4 is 10.1 Å². The number of ether oxygens (including phenoxy) is 1. The molecule has 7 heteroatoms. The molecule has 2 rings (SSSR count). The summed E-state index contributed by atoms with van der Waals surface area (Å²) in [6.45, 7) is 7.89. The van der Waals surface area contributed by atoms with Gasteiger partial charge in [-0.15, -0.1) is 0 Å². The zero-order valence-corrected chi connectivity index (χ0v) is 13.5. The maximum Gasteiger partial charge on any atom is 0.259 e. The Morgan fingerprint density at radius 2 is 2.04 bits per heavy atom. The summed E-state index contributed by atoms with van der Waals surface area (Å²) < 4.78 is 18.1. The quantitative estimate of drug-likeness (QED) is 0.808. The molecule has 0 fully saturated rings.